The van der Waals surface area contributed by atoms with E-state index in [-0.39, 0.29) is 0 Å². The van der Waals surface area contributed by atoms with Gasteiger partial charge in [0.2, 0.25) is 0 Å². The lowest BCUT2D eigenvalue weighted by molar-refractivity contribution is 0.477. The van der Waals surface area contributed by atoms with E-state index in [1.807, 2.05) is 53.4 Å². The number of rotatable bonds is 1. The van der Waals surface area contributed by atoms with Gasteiger partial charge in [0.05, 0.1) is 29.2 Å². The Kier molecular flexibility index (Phi) is 3.16. The Morgan fingerprint density at radius 2 is 1.50 bits per heavy atom. The van der Waals surface area contributed by atoms with Gasteiger partial charge in [0.15, 0.2) is 17.2 Å². The first-order chi connectivity index (χ1) is 11.8. The van der Waals surface area contributed by atoms with Crippen LogP contribution in [-0.4, -0.2) is 0 Å². The summed E-state index contributed by atoms with van der Waals surface area (Å²) >= 11 is 0. The number of benzene rings is 3. The van der Waals surface area contributed by atoms with Crippen molar-refractivity contribution < 1.29 is 4.74 Å². The molecule has 0 spiro atoms. The van der Waals surface area contributed by atoms with Crippen LogP contribution in [0.15, 0.2) is 66.7 Å². The number of anilines is 3. The first kappa shape index (κ1) is 13.9. The van der Waals surface area contributed by atoms with Crippen LogP contribution in [0.25, 0.3) is 4.85 Å². The summed E-state index contributed by atoms with van der Waals surface area (Å²) in [6, 6.07) is 22.6. The lowest BCUT2D eigenvalue weighted by Crippen LogP contribution is -2.16. The van der Waals surface area contributed by atoms with Crippen molar-refractivity contribution in [1.82, 2.24) is 0 Å². The largest absolute Gasteiger partial charge is 0.453 e. The molecule has 3 aromatic rings. The van der Waals surface area contributed by atoms with Crippen LogP contribution in [0.3, 0.4) is 0 Å². The third-order valence-electron chi connectivity index (χ3n) is 3.90. The zero-order valence-corrected chi connectivity index (χ0v) is 12.6. The lowest BCUT2D eigenvalue weighted by atomic mass is 10.1. The molecule has 0 bridgehead atoms. The topological polar surface area (TPSA) is 40.6 Å². The number of hydrogen-bond donors (Lipinski definition) is 0. The van der Waals surface area contributed by atoms with Gasteiger partial charge in [0.25, 0.3) is 0 Å². The molecule has 24 heavy (non-hydrogen) atoms. The van der Waals surface area contributed by atoms with Crippen molar-refractivity contribution in [2.45, 2.75) is 0 Å². The Hall–Kier alpha value is -3.76. The fraction of sp³-hybridized carbons (Fsp3) is 0. The summed E-state index contributed by atoms with van der Waals surface area (Å²) in [7, 11) is 0. The van der Waals surface area contributed by atoms with Gasteiger partial charge in [-0.25, -0.2) is 4.85 Å². The maximum atomic E-state index is 9.52. The Morgan fingerprint density at radius 1 is 0.875 bits per heavy atom. The molecule has 0 N–H and O–H groups in total. The van der Waals surface area contributed by atoms with Crippen molar-refractivity contribution >= 4 is 22.7 Å². The number of nitrogens with zero attached hydrogens (tertiary/aromatic N) is 3. The van der Waals surface area contributed by atoms with E-state index in [1.54, 1.807) is 18.2 Å². The van der Waals surface area contributed by atoms with Gasteiger partial charge in [-0.3, -0.25) is 0 Å². The highest BCUT2D eigenvalue weighted by molar-refractivity contribution is 5.89. The molecular weight excluding hydrogens is 298 g/mol. The molecular formula is C20H11N3O. The molecule has 0 atom stereocenters. The fourth-order valence-corrected chi connectivity index (χ4v) is 2.83. The van der Waals surface area contributed by atoms with Crippen LogP contribution < -0.4 is 9.64 Å². The highest BCUT2D eigenvalue weighted by Crippen LogP contribution is 2.51. The molecule has 3 aromatic carbocycles. The zero-order chi connectivity index (χ0) is 16.5. The average Bonchev–Trinajstić information content (AvgIpc) is 2.65. The summed E-state index contributed by atoms with van der Waals surface area (Å²) < 4.78 is 5.97. The van der Waals surface area contributed by atoms with Gasteiger partial charge in [-0.05, 0) is 30.3 Å². The monoisotopic (exact) mass is 309 g/mol. The standard InChI is InChI=1S/C20H11N3O/c1-22-15-11-10-14(13-21)18(12-15)23-16-6-2-4-8-19(16)24-20-9-5-3-7-17(20)23/h2-12H. The van der Waals surface area contributed by atoms with Gasteiger partial charge in [-0.1, -0.05) is 36.4 Å². The lowest BCUT2D eigenvalue weighted by Gasteiger charge is -2.33. The first-order valence-corrected chi connectivity index (χ1v) is 7.39. The fourth-order valence-electron chi connectivity index (χ4n) is 2.83. The Labute approximate surface area is 139 Å². The molecule has 0 aromatic heterocycles. The van der Waals surface area contributed by atoms with E-state index in [9.17, 15) is 5.26 Å². The SMILES string of the molecule is [C-]#[N+]c1ccc(C#N)c(N2c3ccccc3Oc3ccccc32)c1. The molecule has 112 valence electrons. The minimum absolute atomic E-state index is 0.491. The van der Waals surface area contributed by atoms with Crippen LogP contribution in [0.4, 0.5) is 22.7 Å². The van der Waals surface area contributed by atoms with Crippen molar-refractivity contribution in [2.24, 2.45) is 0 Å². The summed E-state index contributed by atoms with van der Waals surface area (Å²) in [6.07, 6.45) is 0. The molecule has 4 nitrogen and oxygen atoms in total. The van der Waals surface area contributed by atoms with Gasteiger partial charge in [0, 0.05) is 0 Å². The number of hydrogen-bond acceptors (Lipinski definition) is 3. The van der Waals surface area contributed by atoms with E-state index in [0.29, 0.717) is 28.4 Å². The molecule has 1 aliphatic heterocycles. The number of ether oxygens (including phenoxy) is 1. The number of nitriles is 1. The minimum Gasteiger partial charge on any atom is -0.453 e. The molecule has 0 aliphatic carbocycles. The van der Waals surface area contributed by atoms with Crippen LogP contribution >= 0.6 is 0 Å². The minimum atomic E-state index is 0.491. The van der Waals surface area contributed by atoms with Crippen LogP contribution in [-0.2, 0) is 0 Å². The zero-order valence-electron chi connectivity index (χ0n) is 12.6. The second kappa shape index (κ2) is 5.46. The predicted octanol–water partition coefficient (Wildman–Crippen LogP) is 5.68. The average molecular weight is 309 g/mol. The maximum Gasteiger partial charge on any atom is 0.189 e. The molecule has 4 rings (SSSR count). The maximum absolute atomic E-state index is 9.52. The highest BCUT2D eigenvalue weighted by atomic mass is 16.5. The smallest absolute Gasteiger partial charge is 0.189 e. The quantitative estimate of drug-likeness (QED) is 0.424. The molecule has 4 heteroatoms. The summed E-state index contributed by atoms with van der Waals surface area (Å²) in [4.78, 5) is 5.47. The molecule has 0 unspecified atom stereocenters. The molecule has 1 aliphatic rings. The second-order valence-electron chi connectivity index (χ2n) is 5.30. The van der Waals surface area contributed by atoms with E-state index in [0.717, 1.165) is 11.4 Å². The Bertz CT molecular complexity index is 982. The van der Waals surface area contributed by atoms with E-state index < -0.39 is 0 Å². The van der Waals surface area contributed by atoms with Gasteiger partial charge >= 0.3 is 0 Å². The van der Waals surface area contributed by atoms with Crippen molar-refractivity contribution in [3.63, 3.8) is 0 Å². The van der Waals surface area contributed by atoms with Crippen molar-refractivity contribution in [3.05, 3.63) is 83.7 Å². The van der Waals surface area contributed by atoms with E-state index in [4.69, 9.17) is 11.3 Å². The van der Waals surface area contributed by atoms with Gasteiger partial charge in [0.1, 0.15) is 6.07 Å². The normalized spacial score (nSPS) is 11.5. The summed E-state index contributed by atoms with van der Waals surface area (Å²) in [6.45, 7) is 7.27. The van der Waals surface area contributed by atoms with Crippen molar-refractivity contribution in [2.75, 3.05) is 4.90 Å². The van der Waals surface area contributed by atoms with E-state index in [1.165, 1.54) is 0 Å². The van der Waals surface area contributed by atoms with Crippen LogP contribution in [0.2, 0.25) is 0 Å². The molecule has 1 heterocycles. The van der Waals surface area contributed by atoms with Crippen molar-refractivity contribution in [1.29, 1.82) is 5.26 Å². The molecule has 0 radical (unpaired) electrons. The van der Waals surface area contributed by atoms with Crippen LogP contribution in [0, 0.1) is 17.9 Å². The molecule has 0 fully saturated rings. The first-order valence-electron chi connectivity index (χ1n) is 7.39. The van der Waals surface area contributed by atoms with Crippen LogP contribution in [0.5, 0.6) is 11.5 Å². The Morgan fingerprint density at radius 3 is 2.08 bits per heavy atom. The third kappa shape index (κ3) is 2.06. The molecule has 0 saturated heterocycles. The number of para-hydroxylation sites is 4. The van der Waals surface area contributed by atoms with Crippen LogP contribution in [0.1, 0.15) is 5.56 Å². The molecule has 0 amide bonds. The van der Waals surface area contributed by atoms with E-state index >= 15 is 0 Å². The second-order valence-corrected chi connectivity index (χ2v) is 5.30. The molecule has 0 saturated carbocycles. The van der Waals surface area contributed by atoms with Gasteiger partial charge < -0.3 is 9.64 Å². The number of fused-ring (bicyclic) bond motifs is 2. The summed E-state index contributed by atoms with van der Waals surface area (Å²) in [5, 5.41) is 9.52. The van der Waals surface area contributed by atoms with Crippen molar-refractivity contribution in [3.8, 4) is 17.6 Å². The summed E-state index contributed by atoms with van der Waals surface area (Å²) in [5.41, 5.74) is 3.36. The van der Waals surface area contributed by atoms with Gasteiger partial charge in [-0.15, -0.1) is 0 Å². The van der Waals surface area contributed by atoms with Gasteiger partial charge in [-0.2, -0.15) is 5.26 Å². The van der Waals surface area contributed by atoms with E-state index in [2.05, 4.69) is 10.9 Å². The summed E-state index contributed by atoms with van der Waals surface area (Å²) in [5.74, 6) is 1.43. The third-order valence-corrected chi connectivity index (χ3v) is 3.90. The highest BCUT2D eigenvalue weighted by Gasteiger charge is 2.26. The Balaban J connectivity index is 2.03. The predicted molar refractivity (Wildman–Crippen MR) is 92.2 cm³/mol.